The summed E-state index contributed by atoms with van der Waals surface area (Å²) in [4.78, 5) is 36.3. The molecular formula is C18H21N3O4. The van der Waals surface area contributed by atoms with Gasteiger partial charge in [0, 0.05) is 20.1 Å². The first-order valence-corrected chi connectivity index (χ1v) is 8.65. The van der Waals surface area contributed by atoms with Crippen LogP contribution in [0.5, 0.6) is 0 Å². The lowest BCUT2D eigenvalue weighted by Gasteiger charge is -2.34. The standard InChI is InChI=1S/C18H21N3O4/c1-20-15-8-11(12-6-10(7-12)9-22)2-3-13(15)21(18(20)25)14-4-5-16(23)19-17(14)24/h2-3,8,10,12,14,22H,4-7,9H2,1H3,(H,19,23,24). The first-order chi connectivity index (χ1) is 12.0. The lowest BCUT2D eigenvalue weighted by molar-refractivity contribution is -0.135. The molecule has 1 aliphatic heterocycles. The van der Waals surface area contributed by atoms with Gasteiger partial charge in [-0.1, -0.05) is 6.07 Å². The number of aliphatic hydroxyl groups excluding tert-OH is 1. The summed E-state index contributed by atoms with van der Waals surface area (Å²) in [6.45, 7) is 0.225. The van der Waals surface area contributed by atoms with Crippen molar-refractivity contribution in [3.8, 4) is 0 Å². The van der Waals surface area contributed by atoms with E-state index in [0.717, 1.165) is 23.9 Å². The number of piperidine rings is 1. The Hall–Kier alpha value is -2.41. The maximum Gasteiger partial charge on any atom is 0.329 e. The van der Waals surface area contributed by atoms with Crippen molar-refractivity contribution in [2.24, 2.45) is 13.0 Å². The summed E-state index contributed by atoms with van der Waals surface area (Å²) in [6.07, 6.45) is 2.50. The van der Waals surface area contributed by atoms with Gasteiger partial charge in [0.2, 0.25) is 11.8 Å². The second-order valence-corrected chi connectivity index (χ2v) is 7.14. The van der Waals surface area contributed by atoms with Gasteiger partial charge in [-0.25, -0.2) is 4.79 Å². The van der Waals surface area contributed by atoms with Crippen molar-refractivity contribution in [1.29, 1.82) is 0 Å². The molecule has 1 aromatic carbocycles. The Kier molecular flexibility index (Phi) is 3.76. The van der Waals surface area contributed by atoms with Crippen LogP contribution in [0.4, 0.5) is 0 Å². The van der Waals surface area contributed by atoms with Gasteiger partial charge >= 0.3 is 5.69 Å². The Labute approximate surface area is 144 Å². The molecule has 1 unspecified atom stereocenters. The lowest BCUT2D eigenvalue weighted by atomic mass is 9.72. The number of nitrogens with one attached hydrogen (secondary N) is 1. The van der Waals surface area contributed by atoms with Crippen LogP contribution < -0.4 is 11.0 Å². The SMILES string of the molecule is Cn1c(=O)n(C2CCC(=O)NC2=O)c2ccc(C3CC(CO)C3)cc21. The molecule has 1 aliphatic carbocycles. The van der Waals surface area contributed by atoms with Crippen molar-refractivity contribution in [2.75, 3.05) is 6.61 Å². The fourth-order valence-corrected chi connectivity index (χ4v) is 4.02. The van der Waals surface area contributed by atoms with E-state index in [-0.39, 0.29) is 24.6 Å². The molecule has 1 aromatic heterocycles. The molecule has 1 saturated carbocycles. The van der Waals surface area contributed by atoms with Crippen LogP contribution in [-0.2, 0) is 16.6 Å². The molecule has 1 atom stereocenters. The van der Waals surface area contributed by atoms with E-state index in [0.29, 0.717) is 23.8 Å². The number of rotatable bonds is 3. The molecule has 25 heavy (non-hydrogen) atoms. The summed E-state index contributed by atoms with van der Waals surface area (Å²) in [6, 6.07) is 5.25. The maximum absolute atomic E-state index is 12.7. The number of carbonyl (C=O) groups excluding carboxylic acids is 2. The number of benzene rings is 1. The molecule has 132 valence electrons. The summed E-state index contributed by atoms with van der Waals surface area (Å²) in [5.41, 5.74) is 2.42. The van der Waals surface area contributed by atoms with Gasteiger partial charge in [0.1, 0.15) is 6.04 Å². The van der Waals surface area contributed by atoms with Crippen LogP contribution >= 0.6 is 0 Å². The van der Waals surface area contributed by atoms with Crippen LogP contribution in [0.25, 0.3) is 11.0 Å². The average Bonchev–Trinajstić information content (AvgIpc) is 2.79. The molecule has 2 fully saturated rings. The van der Waals surface area contributed by atoms with Crippen molar-refractivity contribution in [3.05, 3.63) is 34.2 Å². The number of aromatic nitrogens is 2. The number of imide groups is 1. The summed E-state index contributed by atoms with van der Waals surface area (Å²) < 4.78 is 3.06. The highest BCUT2D eigenvalue weighted by molar-refractivity contribution is 6.00. The fraction of sp³-hybridized carbons (Fsp3) is 0.500. The zero-order chi connectivity index (χ0) is 17.7. The molecule has 4 rings (SSSR count). The van der Waals surface area contributed by atoms with Gasteiger partial charge in [-0.15, -0.1) is 0 Å². The zero-order valence-corrected chi connectivity index (χ0v) is 14.1. The van der Waals surface area contributed by atoms with Gasteiger partial charge in [-0.3, -0.25) is 24.0 Å². The van der Waals surface area contributed by atoms with Crippen molar-refractivity contribution in [2.45, 2.75) is 37.6 Å². The van der Waals surface area contributed by atoms with Crippen molar-refractivity contribution < 1.29 is 14.7 Å². The normalized spacial score (nSPS) is 26.6. The predicted molar refractivity (Wildman–Crippen MR) is 91.2 cm³/mol. The average molecular weight is 343 g/mol. The number of aryl methyl sites for hydroxylation is 1. The van der Waals surface area contributed by atoms with E-state index in [4.69, 9.17) is 0 Å². The molecule has 7 heteroatoms. The third-order valence-electron chi connectivity index (χ3n) is 5.60. The Morgan fingerprint density at radius 1 is 1.20 bits per heavy atom. The van der Waals surface area contributed by atoms with E-state index in [1.165, 1.54) is 4.57 Å². The molecule has 0 bridgehead atoms. The Morgan fingerprint density at radius 3 is 2.64 bits per heavy atom. The zero-order valence-electron chi connectivity index (χ0n) is 14.1. The Bertz CT molecular complexity index is 920. The molecular weight excluding hydrogens is 322 g/mol. The second-order valence-electron chi connectivity index (χ2n) is 7.14. The molecule has 1 saturated heterocycles. The number of amides is 2. The molecule has 2 heterocycles. The van der Waals surface area contributed by atoms with Crippen LogP contribution in [0.15, 0.2) is 23.0 Å². The van der Waals surface area contributed by atoms with Gasteiger partial charge in [-0.2, -0.15) is 0 Å². The summed E-state index contributed by atoms with van der Waals surface area (Å²) >= 11 is 0. The molecule has 2 aliphatic rings. The molecule has 7 nitrogen and oxygen atoms in total. The second kappa shape index (κ2) is 5.84. The topological polar surface area (TPSA) is 93.3 Å². The number of nitrogens with zero attached hydrogens (tertiary/aromatic N) is 2. The molecule has 0 spiro atoms. The van der Waals surface area contributed by atoms with E-state index in [2.05, 4.69) is 5.32 Å². The minimum atomic E-state index is -0.651. The number of carbonyl (C=O) groups is 2. The fourth-order valence-electron chi connectivity index (χ4n) is 4.02. The predicted octanol–water partition coefficient (Wildman–Crippen LogP) is 0.804. The van der Waals surface area contributed by atoms with E-state index < -0.39 is 11.9 Å². The quantitative estimate of drug-likeness (QED) is 0.806. The third-order valence-corrected chi connectivity index (χ3v) is 5.60. The third kappa shape index (κ3) is 2.50. The highest BCUT2D eigenvalue weighted by Crippen LogP contribution is 2.42. The van der Waals surface area contributed by atoms with Gasteiger partial charge in [0.25, 0.3) is 0 Å². The molecule has 2 N–H and O–H groups in total. The molecule has 0 radical (unpaired) electrons. The minimum absolute atomic E-state index is 0.225. The number of aliphatic hydroxyl groups is 1. The van der Waals surface area contributed by atoms with Crippen LogP contribution in [0.2, 0.25) is 0 Å². The van der Waals surface area contributed by atoms with Crippen LogP contribution in [0.3, 0.4) is 0 Å². The van der Waals surface area contributed by atoms with Crippen molar-refractivity contribution >= 4 is 22.8 Å². The van der Waals surface area contributed by atoms with E-state index >= 15 is 0 Å². The highest BCUT2D eigenvalue weighted by atomic mass is 16.3. The summed E-state index contributed by atoms with van der Waals surface area (Å²) in [5.74, 6) is 0.0770. The Morgan fingerprint density at radius 2 is 1.96 bits per heavy atom. The van der Waals surface area contributed by atoms with E-state index in [1.807, 2.05) is 18.2 Å². The van der Waals surface area contributed by atoms with Crippen molar-refractivity contribution in [1.82, 2.24) is 14.5 Å². The number of hydrogen-bond donors (Lipinski definition) is 2. The molecule has 2 aromatic rings. The van der Waals surface area contributed by atoms with E-state index in [1.54, 1.807) is 11.6 Å². The first kappa shape index (κ1) is 16.1. The van der Waals surface area contributed by atoms with E-state index in [9.17, 15) is 19.5 Å². The van der Waals surface area contributed by atoms with Crippen molar-refractivity contribution in [3.63, 3.8) is 0 Å². The van der Waals surface area contributed by atoms with Crippen LogP contribution in [0.1, 0.15) is 43.2 Å². The number of imidazole rings is 1. The van der Waals surface area contributed by atoms with Gasteiger partial charge < -0.3 is 5.11 Å². The number of hydrogen-bond acceptors (Lipinski definition) is 4. The Balaban J connectivity index is 1.74. The maximum atomic E-state index is 12.7. The van der Waals surface area contributed by atoms with Crippen LogP contribution in [-0.4, -0.2) is 32.7 Å². The highest BCUT2D eigenvalue weighted by Gasteiger charge is 2.33. The smallest absolute Gasteiger partial charge is 0.329 e. The summed E-state index contributed by atoms with van der Waals surface area (Å²) in [7, 11) is 1.70. The van der Waals surface area contributed by atoms with Crippen LogP contribution in [0, 0.1) is 5.92 Å². The number of fused-ring (bicyclic) bond motifs is 1. The summed E-state index contributed by atoms with van der Waals surface area (Å²) in [5, 5.41) is 11.5. The molecule has 2 amide bonds. The largest absolute Gasteiger partial charge is 0.396 e. The first-order valence-electron chi connectivity index (χ1n) is 8.65. The monoisotopic (exact) mass is 343 g/mol. The van der Waals surface area contributed by atoms with Gasteiger partial charge in [0.15, 0.2) is 0 Å². The van der Waals surface area contributed by atoms with Gasteiger partial charge in [0.05, 0.1) is 11.0 Å². The van der Waals surface area contributed by atoms with Gasteiger partial charge in [-0.05, 0) is 48.8 Å². The minimum Gasteiger partial charge on any atom is -0.396 e. The lowest BCUT2D eigenvalue weighted by Crippen LogP contribution is -2.44.